The molecule has 0 aliphatic carbocycles. The molecule has 0 saturated carbocycles. The van der Waals surface area contributed by atoms with Crippen LogP contribution < -0.4 is 5.32 Å². The summed E-state index contributed by atoms with van der Waals surface area (Å²) >= 11 is 0. The summed E-state index contributed by atoms with van der Waals surface area (Å²) < 4.78 is 0. The molecule has 0 aromatic heterocycles. The predicted octanol–water partition coefficient (Wildman–Crippen LogP) is 2.96. The SMILES string of the molecule is CCC1C(=O)NC(C(C)(C)C)C(=O)N1C(C)CCC(C)C. The van der Waals surface area contributed by atoms with Crippen molar-refractivity contribution in [1.82, 2.24) is 10.2 Å². The van der Waals surface area contributed by atoms with Crippen molar-refractivity contribution < 1.29 is 9.59 Å². The van der Waals surface area contributed by atoms with E-state index in [1.807, 2.05) is 32.6 Å². The molecule has 1 heterocycles. The van der Waals surface area contributed by atoms with Crippen LogP contribution >= 0.6 is 0 Å². The minimum absolute atomic E-state index is 0.00609. The van der Waals surface area contributed by atoms with Gasteiger partial charge in [0.1, 0.15) is 12.1 Å². The van der Waals surface area contributed by atoms with Crippen LogP contribution in [0.15, 0.2) is 0 Å². The minimum Gasteiger partial charge on any atom is -0.342 e. The van der Waals surface area contributed by atoms with Gasteiger partial charge in [-0.3, -0.25) is 9.59 Å². The molecule has 4 heteroatoms. The zero-order valence-electron chi connectivity index (χ0n) is 14.7. The molecule has 0 bridgehead atoms. The largest absolute Gasteiger partial charge is 0.342 e. The molecule has 0 aromatic rings. The fraction of sp³-hybridized carbons (Fsp3) is 0.882. The van der Waals surface area contributed by atoms with E-state index < -0.39 is 6.04 Å². The highest BCUT2D eigenvalue weighted by Gasteiger charge is 2.45. The molecule has 1 rings (SSSR count). The van der Waals surface area contributed by atoms with Crippen LogP contribution in [0.25, 0.3) is 0 Å². The Balaban J connectivity index is 2.98. The highest BCUT2D eigenvalue weighted by Crippen LogP contribution is 2.28. The Kier molecular flexibility index (Phi) is 5.83. The van der Waals surface area contributed by atoms with Gasteiger partial charge >= 0.3 is 0 Å². The van der Waals surface area contributed by atoms with E-state index in [4.69, 9.17) is 0 Å². The molecule has 1 saturated heterocycles. The lowest BCUT2D eigenvalue weighted by molar-refractivity contribution is -0.155. The lowest BCUT2D eigenvalue weighted by atomic mass is 9.83. The molecule has 0 aromatic carbocycles. The van der Waals surface area contributed by atoms with Crippen molar-refractivity contribution in [2.45, 2.75) is 85.9 Å². The lowest BCUT2D eigenvalue weighted by Crippen LogP contribution is -2.68. The van der Waals surface area contributed by atoms with Gasteiger partial charge in [-0.2, -0.15) is 0 Å². The average Bonchev–Trinajstić information content (AvgIpc) is 2.36. The van der Waals surface area contributed by atoms with Crippen LogP contribution in [0.3, 0.4) is 0 Å². The molecule has 0 spiro atoms. The first-order chi connectivity index (χ1) is 9.59. The van der Waals surface area contributed by atoms with Gasteiger partial charge in [-0.15, -0.1) is 0 Å². The third kappa shape index (κ3) is 4.21. The van der Waals surface area contributed by atoms with Crippen molar-refractivity contribution in [2.75, 3.05) is 0 Å². The summed E-state index contributed by atoms with van der Waals surface area (Å²) in [6.07, 6.45) is 2.69. The predicted molar refractivity (Wildman–Crippen MR) is 85.8 cm³/mol. The standard InChI is InChI=1S/C17H32N2O2/c1-8-13-15(20)18-14(17(5,6)7)16(21)19(13)12(4)10-9-11(2)3/h11-14H,8-10H2,1-7H3,(H,18,20). The molecule has 3 unspecified atom stereocenters. The van der Waals surface area contributed by atoms with E-state index >= 15 is 0 Å². The second kappa shape index (κ2) is 6.80. The molecule has 4 nitrogen and oxygen atoms in total. The molecule has 2 amide bonds. The van der Waals surface area contributed by atoms with Crippen molar-refractivity contribution >= 4 is 11.8 Å². The van der Waals surface area contributed by atoms with Crippen LogP contribution in [0.1, 0.15) is 67.7 Å². The number of carbonyl (C=O) groups excluding carboxylic acids is 2. The normalized spacial score (nSPS) is 25.2. The van der Waals surface area contributed by atoms with E-state index in [-0.39, 0.29) is 29.3 Å². The Morgan fingerprint density at radius 1 is 1.14 bits per heavy atom. The summed E-state index contributed by atoms with van der Waals surface area (Å²) in [5, 5.41) is 2.93. The Morgan fingerprint density at radius 3 is 2.14 bits per heavy atom. The number of carbonyl (C=O) groups is 2. The molecule has 1 N–H and O–H groups in total. The first-order valence-corrected chi connectivity index (χ1v) is 8.22. The Morgan fingerprint density at radius 2 is 1.71 bits per heavy atom. The van der Waals surface area contributed by atoms with Gasteiger partial charge in [-0.1, -0.05) is 41.5 Å². The van der Waals surface area contributed by atoms with Crippen molar-refractivity contribution in [1.29, 1.82) is 0 Å². The van der Waals surface area contributed by atoms with Gasteiger partial charge in [0.05, 0.1) is 0 Å². The minimum atomic E-state index is -0.422. The van der Waals surface area contributed by atoms with Crippen LogP contribution in [0, 0.1) is 11.3 Å². The van der Waals surface area contributed by atoms with Crippen LogP contribution in [-0.4, -0.2) is 34.8 Å². The average molecular weight is 296 g/mol. The van der Waals surface area contributed by atoms with Crippen LogP contribution in [0.2, 0.25) is 0 Å². The number of nitrogens with zero attached hydrogens (tertiary/aromatic N) is 1. The summed E-state index contributed by atoms with van der Waals surface area (Å²) in [6.45, 7) is 14.4. The van der Waals surface area contributed by atoms with Gasteiger partial charge in [-0.25, -0.2) is 0 Å². The van der Waals surface area contributed by atoms with Gasteiger partial charge in [-0.05, 0) is 37.5 Å². The van der Waals surface area contributed by atoms with E-state index in [2.05, 4.69) is 26.1 Å². The maximum Gasteiger partial charge on any atom is 0.246 e. The summed E-state index contributed by atoms with van der Waals surface area (Å²) in [4.78, 5) is 27.1. The molecule has 3 atom stereocenters. The summed E-state index contributed by atoms with van der Waals surface area (Å²) in [6, 6.07) is -0.631. The Labute approximate surface area is 129 Å². The third-order valence-corrected chi connectivity index (χ3v) is 4.32. The highest BCUT2D eigenvalue weighted by atomic mass is 16.2. The third-order valence-electron chi connectivity index (χ3n) is 4.32. The maximum absolute atomic E-state index is 12.9. The monoisotopic (exact) mass is 296 g/mol. The highest BCUT2D eigenvalue weighted by molar-refractivity contribution is 5.97. The Bertz CT molecular complexity index is 385. The van der Waals surface area contributed by atoms with Crippen LogP contribution in [-0.2, 0) is 9.59 Å². The zero-order valence-corrected chi connectivity index (χ0v) is 14.7. The quantitative estimate of drug-likeness (QED) is 0.848. The number of nitrogens with one attached hydrogen (secondary N) is 1. The molecule has 122 valence electrons. The molecule has 0 radical (unpaired) electrons. The molecule has 1 aliphatic rings. The van der Waals surface area contributed by atoms with E-state index in [1.54, 1.807) is 0 Å². The lowest BCUT2D eigenvalue weighted by Gasteiger charge is -2.45. The van der Waals surface area contributed by atoms with Gasteiger partial charge < -0.3 is 10.2 Å². The fourth-order valence-electron chi connectivity index (χ4n) is 2.94. The number of piperazine rings is 1. The second-order valence-electron chi connectivity index (χ2n) is 7.80. The van der Waals surface area contributed by atoms with Crippen molar-refractivity contribution in [3.05, 3.63) is 0 Å². The molecule has 1 fully saturated rings. The van der Waals surface area contributed by atoms with Crippen LogP contribution in [0.5, 0.6) is 0 Å². The smallest absolute Gasteiger partial charge is 0.246 e. The number of hydrogen-bond acceptors (Lipinski definition) is 2. The maximum atomic E-state index is 12.9. The first kappa shape index (κ1) is 18.0. The topological polar surface area (TPSA) is 49.4 Å². The van der Waals surface area contributed by atoms with E-state index in [1.165, 1.54) is 0 Å². The summed E-state index contributed by atoms with van der Waals surface area (Å²) in [7, 11) is 0. The van der Waals surface area contributed by atoms with E-state index in [0.717, 1.165) is 12.8 Å². The summed E-state index contributed by atoms with van der Waals surface area (Å²) in [5.41, 5.74) is -0.262. The number of amides is 2. The van der Waals surface area contributed by atoms with Crippen molar-refractivity contribution in [3.8, 4) is 0 Å². The second-order valence-corrected chi connectivity index (χ2v) is 7.80. The molecular formula is C17H32N2O2. The zero-order chi connectivity index (χ0) is 16.4. The fourth-order valence-corrected chi connectivity index (χ4v) is 2.94. The Hall–Kier alpha value is -1.06. The van der Waals surface area contributed by atoms with Gasteiger partial charge in [0.2, 0.25) is 11.8 Å². The summed E-state index contributed by atoms with van der Waals surface area (Å²) in [5.74, 6) is 0.679. The molecule has 1 aliphatic heterocycles. The van der Waals surface area contributed by atoms with Crippen molar-refractivity contribution in [2.24, 2.45) is 11.3 Å². The first-order valence-electron chi connectivity index (χ1n) is 8.22. The van der Waals surface area contributed by atoms with Crippen LogP contribution in [0.4, 0.5) is 0 Å². The molecular weight excluding hydrogens is 264 g/mol. The van der Waals surface area contributed by atoms with Gasteiger partial charge in [0.15, 0.2) is 0 Å². The van der Waals surface area contributed by atoms with Crippen molar-refractivity contribution in [3.63, 3.8) is 0 Å². The van der Waals surface area contributed by atoms with E-state index in [0.29, 0.717) is 12.3 Å². The van der Waals surface area contributed by atoms with E-state index in [9.17, 15) is 9.59 Å². The number of hydrogen-bond donors (Lipinski definition) is 1. The number of rotatable bonds is 5. The molecule has 21 heavy (non-hydrogen) atoms. The van der Waals surface area contributed by atoms with Gasteiger partial charge in [0, 0.05) is 6.04 Å². The van der Waals surface area contributed by atoms with Gasteiger partial charge in [0.25, 0.3) is 0 Å².